The number of alkyl halides is 3. The van der Waals surface area contributed by atoms with Gasteiger partial charge in [-0.3, -0.25) is 9.59 Å². The molecule has 5 nitrogen and oxygen atoms in total. The van der Waals surface area contributed by atoms with E-state index in [0.29, 0.717) is 0 Å². The van der Waals surface area contributed by atoms with E-state index in [9.17, 15) is 27.2 Å². The van der Waals surface area contributed by atoms with Crippen LogP contribution in [-0.4, -0.2) is 18.2 Å². The zero-order valence-corrected chi connectivity index (χ0v) is 16.3. The predicted molar refractivity (Wildman–Crippen MR) is 110 cm³/mol. The Morgan fingerprint density at radius 2 is 1.47 bits per heavy atom. The summed E-state index contributed by atoms with van der Waals surface area (Å²) in [6.45, 7) is 0. The second kappa shape index (κ2) is 9.78. The molecule has 0 bridgehead atoms. The van der Waals surface area contributed by atoms with Crippen LogP contribution in [0.4, 0.5) is 23.2 Å². The van der Waals surface area contributed by atoms with E-state index >= 15 is 0 Å². The summed E-state index contributed by atoms with van der Waals surface area (Å²) < 4.78 is 54.7. The molecule has 9 heteroatoms. The van der Waals surface area contributed by atoms with Gasteiger partial charge in [0, 0.05) is 16.8 Å². The summed E-state index contributed by atoms with van der Waals surface area (Å²) >= 11 is 0. The van der Waals surface area contributed by atoms with Crippen LogP contribution in [0.2, 0.25) is 0 Å². The van der Waals surface area contributed by atoms with Gasteiger partial charge in [-0.2, -0.15) is 0 Å². The van der Waals surface area contributed by atoms with Crippen molar-refractivity contribution < 1.29 is 31.9 Å². The van der Waals surface area contributed by atoms with Gasteiger partial charge < -0.3 is 15.4 Å². The molecule has 0 heterocycles. The molecule has 0 saturated carbocycles. The number of hydrogen-bond acceptors (Lipinski definition) is 3. The maximum absolute atomic E-state index is 14.1. The highest BCUT2D eigenvalue weighted by Crippen LogP contribution is 2.24. The SMILES string of the molecule is O=C(Nc1ccc(OC(F)(F)F)cc1)C(=Cc1ccccc1F)NC(=O)c1ccccc1. The largest absolute Gasteiger partial charge is 0.573 e. The number of rotatable bonds is 6. The molecule has 2 amide bonds. The van der Waals surface area contributed by atoms with Gasteiger partial charge in [0.25, 0.3) is 11.8 Å². The minimum atomic E-state index is -4.85. The molecule has 3 rings (SSSR count). The van der Waals surface area contributed by atoms with Gasteiger partial charge in [-0.05, 0) is 48.5 Å². The highest BCUT2D eigenvalue weighted by atomic mass is 19.4. The van der Waals surface area contributed by atoms with Gasteiger partial charge in [-0.15, -0.1) is 13.2 Å². The molecular formula is C23H16F4N2O3. The summed E-state index contributed by atoms with van der Waals surface area (Å²) in [6.07, 6.45) is -3.69. The molecule has 0 saturated heterocycles. The first-order valence-electron chi connectivity index (χ1n) is 9.21. The molecule has 0 aromatic heterocycles. The van der Waals surface area contributed by atoms with Crippen LogP contribution in [0.3, 0.4) is 0 Å². The third-order valence-electron chi connectivity index (χ3n) is 4.08. The number of carbonyl (C=O) groups excluding carboxylic acids is 2. The van der Waals surface area contributed by atoms with Crippen LogP contribution in [0, 0.1) is 5.82 Å². The van der Waals surface area contributed by atoms with Crippen molar-refractivity contribution in [1.29, 1.82) is 0 Å². The minimum Gasteiger partial charge on any atom is -0.406 e. The highest BCUT2D eigenvalue weighted by Gasteiger charge is 2.31. The number of nitrogens with one attached hydrogen (secondary N) is 2. The topological polar surface area (TPSA) is 67.4 Å². The Morgan fingerprint density at radius 1 is 0.844 bits per heavy atom. The molecule has 0 fully saturated rings. The number of hydrogen-bond donors (Lipinski definition) is 2. The van der Waals surface area contributed by atoms with Crippen molar-refractivity contribution in [2.45, 2.75) is 6.36 Å². The minimum absolute atomic E-state index is 0.0555. The van der Waals surface area contributed by atoms with Crippen LogP contribution >= 0.6 is 0 Å². The zero-order valence-electron chi connectivity index (χ0n) is 16.3. The number of anilines is 1. The lowest BCUT2D eigenvalue weighted by molar-refractivity contribution is -0.274. The van der Waals surface area contributed by atoms with E-state index in [4.69, 9.17) is 0 Å². The summed E-state index contributed by atoms with van der Waals surface area (Å²) in [5, 5.41) is 4.89. The van der Waals surface area contributed by atoms with E-state index in [-0.39, 0.29) is 22.5 Å². The first-order chi connectivity index (χ1) is 15.2. The van der Waals surface area contributed by atoms with Crippen molar-refractivity contribution in [2.75, 3.05) is 5.32 Å². The fourth-order valence-electron chi connectivity index (χ4n) is 2.63. The van der Waals surface area contributed by atoms with Crippen LogP contribution in [0.1, 0.15) is 15.9 Å². The summed E-state index contributed by atoms with van der Waals surface area (Å²) in [5.74, 6) is -2.48. The lowest BCUT2D eigenvalue weighted by atomic mass is 10.1. The van der Waals surface area contributed by atoms with E-state index in [1.54, 1.807) is 24.3 Å². The normalized spacial score (nSPS) is 11.6. The third-order valence-corrected chi connectivity index (χ3v) is 4.08. The number of carbonyl (C=O) groups is 2. The van der Waals surface area contributed by atoms with Gasteiger partial charge in [0.05, 0.1) is 0 Å². The van der Waals surface area contributed by atoms with Gasteiger partial charge >= 0.3 is 6.36 Å². The highest BCUT2D eigenvalue weighted by molar-refractivity contribution is 6.10. The number of ether oxygens (including phenoxy) is 1. The van der Waals surface area contributed by atoms with Crippen LogP contribution in [0.5, 0.6) is 5.75 Å². The van der Waals surface area contributed by atoms with Crippen LogP contribution in [-0.2, 0) is 4.79 Å². The van der Waals surface area contributed by atoms with Crippen molar-refractivity contribution in [3.8, 4) is 5.75 Å². The predicted octanol–water partition coefficient (Wildman–Crippen LogP) is 5.13. The molecule has 0 aliphatic carbocycles. The molecule has 3 aromatic rings. The molecule has 0 spiro atoms. The molecule has 164 valence electrons. The van der Waals surface area contributed by atoms with Gasteiger partial charge in [-0.25, -0.2) is 4.39 Å². The second-order valence-electron chi connectivity index (χ2n) is 6.43. The molecule has 0 radical (unpaired) electrons. The second-order valence-corrected chi connectivity index (χ2v) is 6.43. The summed E-state index contributed by atoms with van der Waals surface area (Å²) in [7, 11) is 0. The van der Waals surface area contributed by atoms with Gasteiger partial charge in [0.2, 0.25) is 0 Å². The number of halogens is 4. The fourth-order valence-corrected chi connectivity index (χ4v) is 2.63. The Morgan fingerprint density at radius 3 is 2.09 bits per heavy atom. The van der Waals surface area contributed by atoms with Gasteiger partial charge in [0.15, 0.2) is 0 Å². The van der Waals surface area contributed by atoms with Crippen LogP contribution in [0.15, 0.2) is 84.6 Å². The summed E-state index contributed by atoms with van der Waals surface area (Å²) in [5.41, 5.74) is 0.200. The van der Waals surface area contributed by atoms with Gasteiger partial charge in [0.1, 0.15) is 17.3 Å². The van der Waals surface area contributed by atoms with E-state index in [1.807, 2.05) is 0 Å². The molecular weight excluding hydrogens is 428 g/mol. The molecule has 0 unspecified atom stereocenters. The molecule has 2 N–H and O–H groups in total. The summed E-state index contributed by atoms with van der Waals surface area (Å²) in [6, 6.07) is 18.1. The summed E-state index contributed by atoms with van der Waals surface area (Å²) in [4.78, 5) is 25.3. The average Bonchev–Trinajstić information content (AvgIpc) is 2.75. The lowest BCUT2D eigenvalue weighted by Crippen LogP contribution is -2.30. The fraction of sp³-hybridized carbons (Fsp3) is 0.0435. The molecule has 0 aliphatic heterocycles. The van der Waals surface area contributed by atoms with Crippen molar-refractivity contribution >= 4 is 23.6 Å². The molecule has 32 heavy (non-hydrogen) atoms. The quantitative estimate of drug-likeness (QED) is 0.409. The zero-order chi connectivity index (χ0) is 23.1. The maximum Gasteiger partial charge on any atom is 0.573 e. The Kier molecular flexibility index (Phi) is 6.89. The third kappa shape index (κ3) is 6.43. The first kappa shape index (κ1) is 22.5. The standard InChI is InChI=1S/C23H16F4N2O3/c24-19-9-5-4-8-16(19)14-20(29-21(30)15-6-2-1-3-7-15)22(31)28-17-10-12-18(13-11-17)32-23(25,26)27/h1-14H,(H,28,31)(H,29,30). The van der Waals surface area contributed by atoms with Crippen molar-refractivity contribution in [2.24, 2.45) is 0 Å². The van der Waals surface area contributed by atoms with Crippen molar-refractivity contribution in [3.63, 3.8) is 0 Å². The van der Waals surface area contributed by atoms with E-state index in [2.05, 4.69) is 15.4 Å². The van der Waals surface area contributed by atoms with Crippen molar-refractivity contribution in [1.82, 2.24) is 5.32 Å². The van der Waals surface area contributed by atoms with Crippen LogP contribution < -0.4 is 15.4 Å². The molecule has 0 aliphatic rings. The van der Waals surface area contributed by atoms with Gasteiger partial charge in [-0.1, -0.05) is 36.4 Å². The Hall–Kier alpha value is -4.14. The molecule has 0 atom stereocenters. The molecule has 3 aromatic carbocycles. The Labute approximate surface area is 180 Å². The maximum atomic E-state index is 14.1. The lowest BCUT2D eigenvalue weighted by Gasteiger charge is -2.13. The Bertz CT molecular complexity index is 1130. The average molecular weight is 444 g/mol. The first-order valence-corrected chi connectivity index (χ1v) is 9.21. The number of benzene rings is 3. The smallest absolute Gasteiger partial charge is 0.406 e. The Balaban J connectivity index is 1.83. The van der Waals surface area contributed by atoms with E-state index < -0.39 is 29.7 Å². The van der Waals surface area contributed by atoms with E-state index in [1.165, 1.54) is 42.5 Å². The van der Waals surface area contributed by atoms with Crippen LogP contribution in [0.25, 0.3) is 6.08 Å². The van der Waals surface area contributed by atoms with Crippen molar-refractivity contribution in [3.05, 3.63) is 102 Å². The number of amides is 2. The monoisotopic (exact) mass is 444 g/mol. The van der Waals surface area contributed by atoms with E-state index in [0.717, 1.165) is 18.2 Å².